The van der Waals surface area contributed by atoms with Gasteiger partial charge in [-0.1, -0.05) is 18.9 Å². The molecule has 1 aliphatic rings. The number of benzene rings is 1. The molecule has 31 heavy (non-hydrogen) atoms. The van der Waals surface area contributed by atoms with E-state index in [4.69, 9.17) is 26.4 Å². The molecule has 8 heteroatoms. The minimum Gasteiger partial charge on any atom is -0.493 e. The Kier molecular flexibility index (Phi) is 8.54. The number of thiophene rings is 1. The molecule has 168 valence electrons. The first-order chi connectivity index (χ1) is 15.1. The molecule has 0 radical (unpaired) electrons. The van der Waals surface area contributed by atoms with Crippen LogP contribution < -0.4 is 20.1 Å². The van der Waals surface area contributed by atoms with E-state index in [-0.39, 0.29) is 5.97 Å². The summed E-state index contributed by atoms with van der Waals surface area (Å²) in [6.07, 6.45) is 7.39. The Hall–Kier alpha value is -2.32. The Bertz CT molecular complexity index is 927. The topological polar surface area (TPSA) is 68.8 Å². The second-order valence-corrected chi connectivity index (χ2v) is 8.95. The summed E-state index contributed by atoms with van der Waals surface area (Å²) in [5, 5.41) is 7.76. The molecule has 1 aromatic heterocycles. The largest absolute Gasteiger partial charge is 0.493 e. The summed E-state index contributed by atoms with van der Waals surface area (Å²) in [5.74, 6) is 1.12. The van der Waals surface area contributed by atoms with E-state index in [0.717, 1.165) is 48.2 Å². The molecule has 1 heterocycles. The number of carbonyl (C=O) groups excluding carboxylic acids is 1. The number of rotatable bonds is 7. The normalized spacial score (nSPS) is 13.4. The van der Waals surface area contributed by atoms with Crippen LogP contribution in [0.3, 0.4) is 0 Å². The number of carbonyl (C=O) groups is 1. The molecular weight excluding hydrogens is 432 g/mol. The van der Waals surface area contributed by atoms with E-state index in [1.165, 1.54) is 24.8 Å². The molecule has 2 N–H and O–H groups in total. The fraction of sp³-hybridized carbons (Fsp3) is 0.478. The van der Waals surface area contributed by atoms with E-state index < -0.39 is 0 Å². The standard InChI is InChI=1S/C23H30N2O4S2/c1-27-17-11-10-15(14-18(17)28-2)12-13-24-23(30)25-21-20(22(26)29-3)16-8-6-4-5-7-9-19(16)31-21/h10-11,14H,4-9,12-13H2,1-3H3,(H2,24,25,30). The number of ether oxygens (including phenoxy) is 3. The second kappa shape index (κ2) is 11.3. The Morgan fingerprint density at radius 2 is 1.81 bits per heavy atom. The van der Waals surface area contributed by atoms with Gasteiger partial charge < -0.3 is 24.8 Å². The molecule has 0 saturated heterocycles. The first-order valence-corrected chi connectivity index (χ1v) is 11.8. The van der Waals surface area contributed by atoms with Crippen LogP contribution in [0.1, 0.15) is 52.0 Å². The fourth-order valence-electron chi connectivity index (χ4n) is 3.83. The molecule has 0 saturated carbocycles. The van der Waals surface area contributed by atoms with Gasteiger partial charge in [0.15, 0.2) is 16.6 Å². The highest BCUT2D eigenvalue weighted by molar-refractivity contribution is 7.80. The minimum atomic E-state index is -0.297. The lowest BCUT2D eigenvalue weighted by Gasteiger charge is -2.13. The summed E-state index contributed by atoms with van der Waals surface area (Å²) in [5.41, 5.74) is 2.89. The maximum absolute atomic E-state index is 12.5. The predicted octanol–water partition coefficient (Wildman–Crippen LogP) is 4.74. The Morgan fingerprint density at radius 1 is 1.06 bits per heavy atom. The number of aryl methyl sites for hydroxylation is 1. The van der Waals surface area contributed by atoms with Gasteiger partial charge in [-0.15, -0.1) is 11.3 Å². The summed E-state index contributed by atoms with van der Waals surface area (Å²) in [7, 11) is 4.68. The molecule has 0 amide bonds. The number of esters is 1. The van der Waals surface area contributed by atoms with Crippen molar-refractivity contribution < 1.29 is 19.0 Å². The summed E-state index contributed by atoms with van der Waals surface area (Å²) in [6.45, 7) is 0.653. The van der Waals surface area contributed by atoms with Gasteiger partial charge in [0.2, 0.25) is 0 Å². The summed E-state index contributed by atoms with van der Waals surface area (Å²) < 4.78 is 15.7. The van der Waals surface area contributed by atoms with Gasteiger partial charge in [0, 0.05) is 11.4 Å². The van der Waals surface area contributed by atoms with Crippen molar-refractivity contribution in [2.75, 3.05) is 33.2 Å². The zero-order valence-electron chi connectivity index (χ0n) is 18.3. The lowest BCUT2D eigenvalue weighted by Crippen LogP contribution is -2.30. The number of anilines is 1. The van der Waals surface area contributed by atoms with Crippen LogP contribution in [-0.2, 0) is 24.0 Å². The zero-order valence-corrected chi connectivity index (χ0v) is 20.0. The van der Waals surface area contributed by atoms with Crippen molar-refractivity contribution in [3.8, 4) is 11.5 Å². The Labute approximate surface area is 193 Å². The summed E-state index contributed by atoms with van der Waals surface area (Å²) in [4.78, 5) is 13.8. The van der Waals surface area contributed by atoms with Gasteiger partial charge >= 0.3 is 5.97 Å². The van der Waals surface area contributed by atoms with Crippen molar-refractivity contribution in [3.63, 3.8) is 0 Å². The van der Waals surface area contributed by atoms with Crippen LogP contribution in [0.25, 0.3) is 0 Å². The lowest BCUT2D eigenvalue weighted by molar-refractivity contribution is 0.0601. The van der Waals surface area contributed by atoms with Crippen LogP contribution in [-0.4, -0.2) is 39.0 Å². The third kappa shape index (κ3) is 5.89. The Balaban J connectivity index is 1.65. The molecule has 0 bridgehead atoms. The van der Waals surface area contributed by atoms with E-state index >= 15 is 0 Å². The molecule has 1 aliphatic carbocycles. The molecular formula is C23H30N2O4S2. The molecule has 0 atom stereocenters. The average Bonchev–Trinajstić information content (AvgIpc) is 3.08. The van der Waals surface area contributed by atoms with Crippen LogP contribution in [0.5, 0.6) is 11.5 Å². The molecule has 6 nitrogen and oxygen atoms in total. The monoisotopic (exact) mass is 462 g/mol. The number of methoxy groups -OCH3 is 3. The smallest absolute Gasteiger partial charge is 0.341 e. The quantitative estimate of drug-likeness (QED) is 0.455. The van der Waals surface area contributed by atoms with E-state index in [2.05, 4.69) is 10.6 Å². The maximum atomic E-state index is 12.5. The van der Waals surface area contributed by atoms with E-state index in [1.54, 1.807) is 25.6 Å². The number of fused-ring (bicyclic) bond motifs is 1. The highest BCUT2D eigenvalue weighted by Crippen LogP contribution is 2.37. The van der Waals surface area contributed by atoms with Crippen LogP contribution in [0.2, 0.25) is 0 Å². The molecule has 0 unspecified atom stereocenters. The number of nitrogens with one attached hydrogen (secondary N) is 2. The van der Waals surface area contributed by atoms with Crippen LogP contribution in [0.15, 0.2) is 18.2 Å². The average molecular weight is 463 g/mol. The highest BCUT2D eigenvalue weighted by atomic mass is 32.1. The van der Waals surface area contributed by atoms with Gasteiger partial charge in [-0.2, -0.15) is 0 Å². The molecule has 0 fully saturated rings. The highest BCUT2D eigenvalue weighted by Gasteiger charge is 2.25. The van der Waals surface area contributed by atoms with Gasteiger partial charge in [-0.25, -0.2) is 4.79 Å². The van der Waals surface area contributed by atoms with E-state index in [1.807, 2.05) is 18.2 Å². The lowest BCUT2D eigenvalue weighted by atomic mass is 9.96. The van der Waals surface area contributed by atoms with Crippen molar-refractivity contribution in [2.24, 2.45) is 0 Å². The number of hydrogen-bond acceptors (Lipinski definition) is 6. The molecule has 1 aromatic carbocycles. The molecule has 0 spiro atoms. The first kappa shape index (κ1) is 23.3. The molecule has 2 aromatic rings. The van der Waals surface area contributed by atoms with Crippen LogP contribution >= 0.6 is 23.6 Å². The van der Waals surface area contributed by atoms with E-state index in [9.17, 15) is 4.79 Å². The molecule has 3 rings (SSSR count). The van der Waals surface area contributed by atoms with Crippen LogP contribution in [0, 0.1) is 0 Å². The third-order valence-corrected chi connectivity index (χ3v) is 6.89. The first-order valence-electron chi connectivity index (χ1n) is 10.6. The van der Waals surface area contributed by atoms with Gasteiger partial charge in [0.25, 0.3) is 0 Å². The van der Waals surface area contributed by atoms with Gasteiger partial charge in [0.1, 0.15) is 5.00 Å². The zero-order chi connectivity index (χ0) is 22.2. The van der Waals surface area contributed by atoms with Gasteiger partial charge in [-0.05, 0) is 67.6 Å². The molecule has 0 aliphatic heterocycles. The van der Waals surface area contributed by atoms with Crippen molar-refractivity contribution in [1.82, 2.24) is 5.32 Å². The summed E-state index contributed by atoms with van der Waals surface area (Å²) >= 11 is 7.13. The number of hydrogen-bond donors (Lipinski definition) is 2. The van der Waals surface area contributed by atoms with Crippen molar-refractivity contribution in [1.29, 1.82) is 0 Å². The van der Waals surface area contributed by atoms with Crippen molar-refractivity contribution >= 4 is 39.6 Å². The van der Waals surface area contributed by atoms with Gasteiger partial charge in [-0.3, -0.25) is 0 Å². The van der Waals surface area contributed by atoms with Gasteiger partial charge in [0.05, 0.1) is 26.9 Å². The predicted molar refractivity (Wildman–Crippen MR) is 129 cm³/mol. The maximum Gasteiger partial charge on any atom is 0.341 e. The van der Waals surface area contributed by atoms with Crippen molar-refractivity contribution in [2.45, 2.75) is 44.9 Å². The summed E-state index contributed by atoms with van der Waals surface area (Å²) in [6, 6.07) is 5.87. The fourth-order valence-corrected chi connectivity index (χ4v) is 5.38. The second-order valence-electron chi connectivity index (χ2n) is 7.43. The van der Waals surface area contributed by atoms with Crippen molar-refractivity contribution in [3.05, 3.63) is 39.8 Å². The SMILES string of the molecule is COC(=O)c1c(NC(=S)NCCc2ccc(OC)c(OC)c2)sc2c1CCCCCC2. The van der Waals surface area contributed by atoms with E-state index in [0.29, 0.717) is 28.7 Å². The minimum absolute atomic E-state index is 0.297. The third-order valence-electron chi connectivity index (χ3n) is 5.44. The Morgan fingerprint density at radius 3 is 2.52 bits per heavy atom. The van der Waals surface area contributed by atoms with Crippen LogP contribution in [0.4, 0.5) is 5.00 Å². The number of thiocarbonyl (C=S) groups is 1.